The fourth-order valence-corrected chi connectivity index (χ4v) is 2.00. The predicted octanol–water partition coefficient (Wildman–Crippen LogP) is 3.05. The third kappa shape index (κ3) is 3.57. The maximum absolute atomic E-state index is 12.0. The smallest absolute Gasteiger partial charge is 0.316 e. The van der Waals surface area contributed by atoms with Crippen molar-refractivity contribution in [3.8, 4) is 0 Å². The van der Waals surface area contributed by atoms with Crippen LogP contribution in [-0.2, 0) is 9.59 Å². The van der Waals surface area contributed by atoms with E-state index in [2.05, 4.69) is 21.2 Å². The fraction of sp³-hybridized carbons (Fsp3) is 0.385. The summed E-state index contributed by atoms with van der Waals surface area (Å²) in [6.45, 7) is 5.28. The number of hydrogen-bond acceptors (Lipinski definition) is 2. The van der Waals surface area contributed by atoms with E-state index in [1.54, 1.807) is 19.9 Å². The summed E-state index contributed by atoms with van der Waals surface area (Å²) in [5.74, 6) is -2.88. The molecule has 1 atom stereocenters. The van der Waals surface area contributed by atoms with Crippen LogP contribution in [0.3, 0.4) is 0 Å². The van der Waals surface area contributed by atoms with E-state index in [0.717, 1.165) is 10.0 Å². The summed E-state index contributed by atoms with van der Waals surface area (Å²) in [4.78, 5) is 23.0. The topological polar surface area (TPSA) is 66.4 Å². The van der Waals surface area contributed by atoms with Crippen LogP contribution in [-0.4, -0.2) is 17.0 Å². The SMILES string of the molecule is Cc1ccc(Br)cc1NC(=O)C(C(=O)O)C(C)C. The quantitative estimate of drug-likeness (QED) is 0.840. The van der Waals surface area contributed by atoms with Gasteiger partial charge in [-0.05, 0) is 30.5 Å². The van der Waals surface area contributed by atoms with Crippen molar-refractivity contribution in [1.82, 2.24) is 0 Å². The number of nitrogens with one attached hydrogen (secondary N) is 1. The van der Waals surface area contributed by atoms with Crippen molar-refractivity contribution in [3.05, 3.63) is 28.2 Å². The van der Waals surface area contributed by atoms with Gasteiger partial charge in [-0.3, -0.25) is 9.59 Å². The molecule has 0 spiro atoms. The van der Waals surface area contributed by atoms with Crippen molar-refractivity contribution in [2.24, 2.45) is 11.8 Å². The molecule has 0 saturated carbocycles. The zero-order valence-corrected chi connectivity index (χ0v) is 12.1. The lowest BCUT2D eigenvalue weighted by Crippen LogP contribution is -2.33. The van der Waals surface area contributed by atoms with Gasteiger partial charge in [-0.15, -0.1) is 0 Å². The normalized spacial score (nSPS) is 12.3. The minimum atomic E-state index is -1.10. The molecule has 0 aliphatic carbocycles. The number of benzene rings is 1. The number of carboxylic acid groups (broad SMARTS) is 1. The lowest BCUT2D eigenvalue weighted by molar-refractivity contribution is -0.147. The van der Waals surface area contributed by atoms with Crippen LogP contribution in [0.4, 0.5) is 5.69 Å². The van der Waals surface area contributed by atoms with Gasteiger partial charge in [-0.1, -0.05) is 35.8 Å². The highest BCUT2D eigenvalue weighted by atomic mass is 79.9. The monoisotopic (exact) mass is 313 g/mol. The maximum Gasteiger partial charge on any atom is 0.316 e. The molecule has 0 radical (unpaired) electrons. The van der Waals surface area contributed by atoms with Crippen molar-refractivity contribution in [2.45, 2.75) is 20.8 Å². The first-order chi connectivity index (χ1) is 8.32. The van der Waals surface area contributed by atoms with Crippen LogP contribution in [0.2, 0.25) is 0 Å². The number of carboxylic acids is 1. The molecule has 1 unspecified atom stereocenters. The van der Waals surface area contributed by atoms with Crippen LogP contribution >= 0.6 is 15.9 Å². The maximum atomic E-state index is 12.0. The molecule has 0 saturated heterocycles. The average molecular weight is 314 g/mol. The Bertz CT molecular complexity index is 471. The van der Waals surface area contributed by atoms with E-state index in [1.807, 2.05) is 19.1 Å². The Morgan fingerprint density at radius 1 is 1.33 bits per heavy atom. The van der Waals surface area contributed by atoms with Gasteiger partial charge in [0, 0.05) is 10.2 Å². The van der Waals surface area contributed by atoms with Gasteiger partial charge in [0.25, 0.3) is 0 Å². The van der Waals surface area contributed by atoms with Crippen molar-refractivity contribution < 1.29 is 14.7 Å². The van der Waals surface area contributed by atoms with Gasteiger partial charge in [-0.25, -0.2) is 0 Å². The van der Waals surface area contributed by atoms with Crippen molar-refractivity contribution >= 4 is 33.5 Å². The van der Waals surface area contributed by atoms with E-state index < -0.39 is 17.8 Å². The summed E-state index contributed by atoms with van der Waals surface area (Å²) < 4.78 is 0.833. The number of carbonyl (C=O) groups is 2. The van der Waals surface area contributed by atoms with Crippen molar-refractivity contribution in [2.75, 3.05) is 5.32 Å². The van der Waals surface area contributed by atoms with E-state index in [4.69, 9.17) is 5.11 Å². The van der Waals surface area contributed by atoms with Crippen molar-refractivity contribution in [1.29, 1.82) is 0 Å². The molecule has 0 fully saturated rings. The third-order valence-corrected chi connectivity index (χ3v) is 3.17. The molecule has 1 aromatic carbocycles. The molecule has 18 heavy (non-hydrogen) atoms. The van der Waals surface area contributed by atoms with Crippen LogP contribution in [0.1, 0.15) is 19.4 Å². The number of aliphatic carboxylic acids is 1. The molecule has 0 aliphatic heterocycles. The minimum absolute atomic E-state index is 0.255. The highest BCUT2D eigenvalue weighted by Crippen LogP contribution is 2.22. The van der Waals surface area contributed by atoms with E-state index in [9.17, 15) is 9.59 Å². The molecule has 4 nitrogen and oxygen atoms in total. The molecule has 5 heteroatoms. The fourth-order valence-electron chi connectivity index (χ4n) is 1.64. The number of aryl methyl sites for hydroxylation is 1. The second kappa shape index (κ2) is 6.00. The molecule has 0 aromatic heterocycles. The Morgan fingerprint density at radius 2 is 1.94 bits per heavy atom. The first-order valence-corrected chi connectivity index (χ1v) is 6.42. The highest BCUT2D eigenvalue weighted by Gasteiger charge is 2.29. The molecule has 0 heterocycles. The number of halogens is 1. The Balaban J connectivity index is 2.92. The van der Waals surface area contributed by atoms with E-state index in [0.29, 0.717) is 5.69 Å². The Hall–Kier alpha value is -1.36. The molecule has 0 aliphatic rings. The molecule has 2 N–H and O–H groups in total. The minimum Gasteiger partial charge on any atom is -0.481 e. The molecule has 0 bridgehead atoms. The van der Waals surface area contributed by atoms with Gasteiger partial charge < -0.3 is 10.4 Å². The van der Waals surface area contributed by atoms with Gasteiger partial charge in [0.05, 0.1) is 0 Å². The number of carbonyl (C=O) groups excluding carboxylic acids is 1. The van der Waals surface area contributed by atoms with E-state index >= 15 is 0 Å². The van der Waals surface area contributed by atoms with Crippen molar-refractivity contribution in [3.63, 3.8) is 0 Å². The molecular formula is C13H16BrNO3. The second-order valence-corrected chi connectivity index (χ2v) is 5.42. The standard InChI is InChI=1S/C13H16BrNO3/c1-7(2)11(13(17)18)12(16)15-10-6-9(14)5-4-8(10)3/h4-7,11H,1-3H3,(H,15,16)(H,17,18). The molecule has 1 amide bonds. The Morgan fingerprint density at radius 3 is 2.44 bits per heavy atom. The zero-order valence-electron chi connectivity index (χ0n) is 10.5. The first kappa shape index (κ1) is 14.7. The predicted molar refractivity (Wildman–Crippen MR) is 73.5 cm³/mol. The second-order valence-electron chi connectivity index (χ2n) is 4.51. The van der Waals surface area contributed by atoms with Crippen LogP contribution < -0.4 is 5.32 Å². The molecule has 98 valence electrons. The summed E-state index contributed by atoms with van der Waals surface area (Å²) >= 11 is 3.31. The Kier molecular flexibility index (Phi) is 4.90. The van der Waals surface area contributed by atoms with Gasteiger partial charge >= 0.3 is 5.97 Å². The molecule has 1 rings (SSSR count). The van der Waals surface area contributed by atoms with Crippen LogP contribution in [0.5, 0.6) is 0 Å². The summed E-state index contributed by atoms with van der Waals surface area (Å²) in [7, 11) is 0. The van der Waals surface area contributed by atoms with E-state index in [1.165, 1.54) is 0 Å². The largest absolute Gasteiger partial charge is 0.481 e. The summed E-state index contributed by atoms with van der Waals surface area (Å²) in [5.41, 5.74) is 1.51. The third-order valence-electron chi connectivity index (χ3n) is 2.67. The highest BCUT2D eigenvalue weighted by molar-refractivity contribution is 9.10. The lowest BCUT2D eigenvalue weighted by atomic mass is 9.95. The van der Waals surface area contributed by atoms with Gasteiger partial charge in [-0.2, -0.15) is 0 Å². The average Bonchev–Trinajstić information content (AvgIpc) is 2.22. The van der Waals surface area contributed by atoms with Crippen LogP contribution in [0.15, 0.2) is 22.7 Å². The molecule has 1 aromatic rings. The molecular weight excluding hydrogens is 298 g/mol. The van der Waals surface area contributed by atoms with E-state index in [-0.39, 0.29) is 5.92 Å². The summed E-state index contributed by atoms with van der Waals surface area (Å²) in [6, 6.07) is 5.47. The number of amides is 1. The lowest BCUT2D eigenvalue weighted by Gasteiger charge is -2.17. The Labute approximate surface area is 115 Å². The summed E-state index contributed by atoms with van der Waals surface area (Å²) in [6.07, 6.45) is 0. The first-order valence-electron chi connectivity index (χ1n) is 5.62. The summed E-state index contributed by atoms with van der Waals surface area (Å²) in [5, 5.41) is 11.7. The van der Waals surface area contributed by atoms with Gasteiger partial charge in [0.2, 0.25) is 5.91 Å². The van der Waals surface area contributed by atoms with Gasteiger partial charge in [0.1, 0.15) is 5.92 Å². The number of anilines is 1. The number of hydrogen-bond donors (Lipinski definition) is 2. The zero-order chi connectivity index (χ0) is 13.9. The van der Waals surface area contributed by atoms with Crippen LogP contribution in [0, 0.1) is 18.8 Å². The number of rotatable bonds is 4. The van der Waals surface area contributed by atoms with Gasteiger partial charge in [0.15, 0.2) is 0 Å². The van der Waals surface area contributed by atoms with Crippen LogP contribution in [0.25, 0.3) is 0 Å².